The van der Waals surface area contributed by atoms with Crippen LogP contribution in [-0.2, 0) is 11.3 Å². The number of ketones is 1. The van der Waals surface area contributed by atoms with Gasteiger partial charge in [-0.05, 0) is 43.9 Å². The van der Waals surface area contributed by atoms with E-state index in [1.54, 1.807) is 11.9 Å². The van der Waals surface area contributed by atoms with Crippen LogP contribution in [0, 0.1) is 10.1 Å². The summed E-state index contributed by atoms with van der Waals surface area (Å²) in [4.78, 5) is 36.4. The number of halogens is 1. The van der Waals surface area contributed by atoms with Crippen molar-refractivity contribution >= 4 is 29.0 Å². The van der Waals surface area contributed by atoms with Crippen molar-refractivity contribution in [1.29, 1.82) is 0 Å². The number of unbranched alkanes of at least 4 members (excludes halogenated alkanes) is 2. The van der Waals surface area contributed by atoms with Gasteiger partial charge in [-0.25, -0.2) is 0 Å². The Morgan fingerprint density at radius 2 is 1.80 bits per heavy atom. The molecule has 8 heteroatoms. The van der Waals surface area contributed by atoms with Gasteiger partial charge in [0, 0.05) is 20.0 Å². The minimum absolute atomic E-state index is 0.0759. The average Bonchev–Trinajstić information content (AvgIpc) is 2.71. The molecule has 160 valence electrons. The van der Waals surface area contributed by atoms with Crippen LogP contribution in [0.5, 0.6) is 5.75 Å². The molecular formula is C22H25ClN2O5. The third-order valence-corrected chi connectivity index (χ3v) is 4.91. The standard InChI is InChI=1S/C22H25ClN2O5/c1-16(26)21-19(13-12-18(23)22(21)25(28)29)30-14-8-4-7-11-20(27)24(2)15-17-9-5-3-6-10-17/h3,5-6,9-10,12-13H,4,7-8,11,14-15H2,1-2H3. The van der Waals surface area contributed by atoms with Crippen molar-refractivity contribution in [2.45, 2.75) is 39.2 Å². The van der Waals surface area contributed by atoms with Crippen LogP contribution in [0.1, 0.15) is 48.5 Å². The van der Waals surface area contributed by atoms with E-state index in [2.05, 4.69) is 0 Å². The summed E-state index contributed by atoms with van der Waals surface area (Å²) in [5, 5.41) is 11.1. The van der Waals surface area contributed by atoms with E-state index in [1.807, 2.05) is 30.3 Å². The molecule has 0 saturated carbocycles. The number of nitro groups is 1. The number of nitrogens with zero attached hydrogens (tertiary/aromatic N) is 2. The van der Waals surface area contributed by atoms with Crippen LogP contribution in [0.25, 0.3) is 0 Å². The second-order valence-corrected chi connectivity index (χ2v) is 7.38. The second kappa shape index (κ2) is 11.3. The molecule has 0 aliphatic rings. The maximum atomic E-state index is 12.2. The lowest BCUT2D eigenvalue weighted by atomic mass is 10.1. The Kier molecular flexibility index (Phi) is 8.80. The van der Waals surface area contributed by atoms with Gasteiger partial charge in [-0.15, -0.1) is 0 Å². The Hall–Kier alpha value is -2.93. The second-order valence-electron chi connectivity index (χ2n) is 6.98. The molecule has 0 aliphatic heterocycles. The molecule has 0 saturated heterocycles. The van der Waals surface area contributed by atoms with Crippen molar-refractivity contribution in [3.63, 3.8) is 0 Å². The van der Waals surface area contributed by atoms with Crippen LogP contribution in [0.4, 0.5) is 5.69 Å². The lowest BCUT2D eigenvalue weighted by Crippen LogP contribution is -2.25. The van der Waals surface area contributed by atoms with Crippen LogP contribution >= 0.6 is 11.6 Å². The highest BCUT2D eigenvalue weighted by molar-refractivity contribution is 6.33. The Morgan fingerprint density at radius 1 is 1.10 bits per heavy atom. The molecule has 7 nitrogen and oxygen atoms in total. The Balaban J connectivity index is 1.78. The smallest absolute Gasteiger partial charge is 0.302 e. The number of Topliss-reactive ketones (excluding diaryl/α,β-unsaturated/α-hetero) is 1. The summed E-state index contributed by atoms with van der Waals surface area (Å²) < 4.78 is 5.60. The summed E-state index contributed by atoms with van der Waals surface area (Å²) in [6.45, 7) is 2.10. The van der Waals surface area contributed by atoms with Gasteiger partial charge in [-0.2, -0.15) is 0 Å². The highest BCUT2D eigenvalue weighted by atomic mass is 35.5. The molecule has 0 aromatic heterocycles. The van der Waals surface area contributed by atoms with Crippen molar-refractivity contribution in [2.75, 3.05) is 13.7 Å². The zero-order valence-electron chi connectivity index (χ0n) is 17.1. The molecule has 0 unspecified atom stereocenters. The van der Waals surface area contributed by atoms with E-state index in [1.165, 1.54) is 19.1 Å². The molecule has 0 bridgehead atoms. The van der Waals surface area contributed by atoms with Crippen molar-refractivity contribution in [2.24, 2.45) is 0 Å². The number of hydrogen-bond donors (Lipinski definition) is 0. The molecule has 2 aromatic rings. The quantitative estimate of drug-likeness (QED) is 0.214. The monoisotopic (exact) mass is 432 g/mol. The summed E-state index contributed by atoms with van der Waals surface area (Å²) in [5.74, 6) is -0.254. The van der Waals surface area contributed by atoms with Gasteiger partial charge >= 0.3 is 5.69 Å². The van der Waals surface area contributed by atoms with E-state index in [9.17, 15) is 19.7 Å². The number of amides is 1. The molecular weight excluding hydrogens is 408 g/mol. The Labute approximate surface area is 180 Å². The zero-order valence-corrected chi connectivity index (χ0v) is 17.9. The van der Waals surface area contributed by atoms with Crippen LogP contribution in [0.15, 0.2) is 42.5 Å². The number of carbonyl (C=O) groups excluding carboxylic acids is 2. The van der Waals surface area contributed by atoms with Gasteiger partial charge in [0.1, 0.15) is 16.3 Å². The minimum atomic E-state index is -0.677. The lowest BCUT2D eigenvalue weighted by molar-refractivity contribution is -0.385. The number of nitro benzene ring substituents is 1. The van der Waals surface area contributed by atoms with E-state index in [-0.39, 0.29) is 28.8 Å². The fraction of sp³-hybridized carbons (Fsp3) is 0.364. The minimum Gasteiger partial charge on any atom is -0.493 e. The van der Waals surface area contributed by atoms with E-state index < -0.39 is 16.4 Å². The predicted octanol–water partition coefficient (Wildman–Crippen LogP) is 5.05. The Morgan fingerprint density at radius 3 is 2.43 bits per heavy atom. The largest absolute Gasteiger partial charge is 0.493 e. The van der Waals surface area contributed by atoms with Gasteiger partial charge in [-0.1, -0.05) is 41.9 Å². The van der Waals surface area contributed by atoms with Crippen molar-refractivity contribution < 1.29 is 19.2 Å². The third-order valence-electron chi connectivity index (χ3n) is 4.61. The van der Waals surface area contributed by atoms with Gasteiger partial charge in [-0.3, -0.25) is 19.7 Å². The molecule has 0 N–H and O–H groups in total. The zero-order chi connectivity index (χ0) is 22.1. The van der Waals surface area contributed by atoms with Crippen LogP contribution in [-0.4, -0.2) is 35.2 Å². The third kappa shape index (κ3) is 6.56. The number of ether oxygens (including phenoxy) is 1. The predicted molar refractivity (Wildman–Crippen MR) is 115 cm³/mol. The van der Waals surface area contributed by atoms with Gasteiger partial charge in [0.05, 0.1) is 11.5 Å². The van der Waals surface area contributed by atoms with Gasteiger partial charge in [0.15, 0.2) is 5.78 Å². The average molecular weight is 433 g/mol. The summed E-state index contributed by atoms with van der Waals surface area (Å²) in [6.07, 6.45) is 2.57. The van der Waals surface area contributed by atoms with Gasteiger partial charge in [0.25, 0.3) is 0 Å². The molecule has 1 amide bonds. The first kappa shape index (κ1) is 23.3. The topological polar surface area (TPSA) is 89.8 Å². The molecule has 30 heavy (non-hydrogen) atoms. The number of benzene rings is 2. The fourth-order valence-electron chi connectivity index (χ4n) is 3.06. The SMILES string of the molecule is CC(=O)c1c(OCCCCCC(=O)N(C)Cc2ccccc2)ccc(Cl)c1[N+](=O)[O-]. The number of carbonyl (C=O) groups is 2. The van der Waals surface area contributed by atoms with Crippen LogP contribution < -0.4 is 4.74 Å². The van der Waals surface area contributed by atoms with E-state index in [0.29, 0.717) is 25.8 Å². The fourth-order valence-corrected chi connectivity index (χ4v) is 3.29. The summed E-state index contributed by atoms with van der Waals surface area (Å²) in [6, 6.07) is 12.6. The van der Waals surface area contributed by atoms with Gasteiger partial charge in [0.2, 0.25) is 5.91 Å². The number of hydrogen-bond acceptors (Lipinski definition) is 5. The molecule has 2 rings (SSSR count). The molecule has 0 radical (unpaired) electrons. The molecule has 0 fully saturated rings. The highest BCUT2D eigenvalue weighted by Crippen LogP contribution is 2.35. The van der Waals surface area contributed by atoms with Crippen LogP contribution in [0.2, 0.25) is 5.02 Å². The molecule has 2 aromatic carbocycles. The molecule has 0 spiro atoms. The highest BCUT2D eigenvalue weighted by Gasteiger charge is 2.26. The molecule has 0 aliphatic carbocycles. The summed E-state index contributed by atoms with van der Waals surface area (Å²) >= 11 is 5.86. The Bertz CT molecular complexity index is 902. The molecule has 0 atom stereocenters. The van der Waals surface area contributed by atoms with Crippen molar-refractivity contribution in [3.05, 3.63) is 68.7 Å². The first-order valence-electron chi connectivity index (χ1n) is 9.69. The number of rotatable bonds is 11. The maximum Gasteiger partial charge on any atom is 0.302 e. The maximum absolute atomic E-state index is 12.2. The first-order valence-corrected chi connectivity index (χ1v) is 10.1. The first-order chi connectivity index (χ1) is 14.3. The van der Waals surface area contributed by atoms with Crippen molar-refractivity contribution in [3.8, 4) is 5.75 Å². The van der Waals surface area contributed by atoms with Crippen molar-refractivity contribution in [1.82, 2.24) is 4.90 Å². The normalized spacial score (nSPS) is 10.5. The lowest BCUT2D eigenvalue weighted by Gasteiger charge is -2.17. The van der Waals surface area contributed by atoms with E-state index in [0.717, 1.165) is 12.0 Å². The molecule has 0 heterocycles. The summed E-state index contributed by atoms with van der Waals surface area (Å²) in [7, 11) is 1.79. The van der Waals surface area contributed by atoms with Gasteiger partial charge < -0.3 is 9.64 Å². The van der Waals surface area contributed by atoms with E-state index >= 15 is 0 Å². The van der Waals surface area contributed by atoms with Crippen LogP contribution in [0.3, 0.4) is 0 Å². The summed E-state index contributed by atoms with van der Waals surface area (Å²) in [5.41, 5.74) is 0.527. The van der Waals surface area contributed by atoms with E-state index in [4.69, 9.17) is 16.3 Å².